The first-order chi connectivity index (χ1) is 20.2. The number of nitrogens with zero attached hydrogens (tertiary/aromatic N) is 1. The van der Waals surface area contributed by atoms with Crippen LogP contribution in [0.4, 0.5) is 0 Å². The van der Waals surface area contributed by atoms with Crippen molar-refractivity contribution in [3.63, 3.8) is 0 Å². The quantitative estimate of drug-likeness (QED) is 0.0433. The number of carboxylic acids is 3. The van der Waals surface area contributed by atoms with Crippen molar-refractivity contribution in [3.05, 3.63) is 12.2 Å². The van der Waals surface area contributed by atoms with Gasteiger partial charge in [-0.25, -0.2) is 14.4 Å². The molecule has 0 saturated heterocycles. The van der Waals surface area contributed by atoms with Gasteiger partial charge in [-0.05, 0) is 19.3 Å². The van der Waals surface area contributed by atoms with Gasteiger partial charge in [-0.1, -0.05) is 136 Å². The second-order valence-corrected chi connectivity index (χ2v) is 12.2. The van der Waals surface area contributed by atoms with Crippen LogP contribution < -0.4 is 0 Å². The number of unbranched alkanes of at least 4 members (excludes halogenated alkanes) is 17. The maximum Gasteiger partial charge on any atom is 0.362 e. The molecular weight excluding hydrogens is 530 g/mol. The normalized spacial score (nSPS) is 15.3. The first-order valence-electron chi connectivity index (χ1n) is 17.4. The van der Waals surface area contributed by atoms with Crippen molar-refractivity contribution in [3.8, 4) is 0 Å². The van der Waals surface area contributed by atoms with Crippen LogP contribution in [0.25, 0.3) is 0 Å². The lowest BCUT2D eigenvalue weighted by molar-refractivity contribution is -0.973. The summed E-state index contributed by atoms with van der Waals surface area (Å²) in [7, 11) is 0. The molecular formula is C35H66NO6+. The van der Waals surface area contributed by atoms with Gasteiger partial charge in [0, 0.05) is 25.7 Å². The molecule has 0 aliphatic carbocycles. The predicted molar refractivity (Wildman–Crippen MR) is 173 cm³/mol. The monoisotopic (exact) mass is 596 g/mol. The SMILES string of the molecule is CCCCCCCCCCCCCCCCCC/C=C/CCC[N+](C(CC)C(=O)O)(C(CC)C(=O)O)C(CC)C(=O)O. The first-order valence-corrected chi connectivity index (χ1v) is 17.4. The van der Waals surface area contributed by atoms with Crippen LogP contribution in [0.2, 0.25) is 0 Å². The summed E-state index contributed by atoms with van der Waals surface area (Å²) >= 11 is 0. The molecule has 0 aromatic rings. The third-order valence-electron chi connectivity index (χ3n) is 9.06. The van der Waals surface area contributed by atoms with E-state index in [9.17, 15) is 29.7 Å². The Morgan fingerprint density at radius 3 is 1.05 bits per heavy atom. The Morgan fingerprint density at radius 2 is 0.762 bits per heavy atom. The van der Waals surface area contributed by atoms with Crippen molar-refractivity contribution >= 4 is 17.9 Å². The molecule has 3 atom stereocenters. The molecule has 0 aromatic heterocycles. The van der Waals surface area contributed by atoms with Crippen LogP contribution in [0, 0.1) is 0 Å². The Kier molecular flexibility index (Phi) is 24.4. The molecule has 3 N–H and O–H groups in total. The summed E-state index contributed by atoms with van der Waals surface area (Å²) in [5, 5.41) is 30.1. The highest BCUT2D eigenvalue weighted by molar-refractivity contribution is 5.78. The van der Waals surface area contributed by atoms with Gasteiger partial charge in [0.15, 0.2) is 18.1 Å². The third-order valence-corrected chi connectivity index (χ3v) is 9.06. The van der Waals surface area contributed by atoms with Crippen molar-refractivity contribution in [2.75, 3.05) is 6.54 Å². The lowest BCUT2D eigenvalue weighted by Gasteiger charge is -2.49. The third kappa shape index (κ3) is 15.5. The minimum absolute atomic E-state index is 0.179. The molecule has 0 spiro atoms. The highest BCUT2D eigenvalue weighted by Gasteiger charge is 2.55. The summed E-state index contributed by atoms with van der Waals surface area (Å²) in [4.78, 5) is 36.8. The van der Waals surface area contributed by atoms with E-state index in [1.54, 1.807) is 20.8 Å². The van der Waals surface area contributed by atoms with E-state index in [-0.39, 0.29) is 25.8 Å². The highest BCUT2D eigenvalue weighted by atomic mass is 16.4. The minimum Gasteiger partial charge on any atom is -0.477 e. The van der Waals surface area contributed by atoms with Gasteiger partial charge in [-0.15, -0.1) is 0 Å². The van der Waals surface area contributed by atoms with E-state index < -0.39 is 40.5 Å². The van der Waals surface area contributed by atoms with Crippen molar-refractivity contribution in [1.29, 1.82) is 0 Å². The lowest BCUT2D eigenvalue weighted by Crippen LogP contribution is -2.72. The molecule has 0 aliphatic rings. The predicted octanol–water partition coefficient (Wildman–Crippen LogP) is 9.38. The Morgan fingerprint density at radius 1 is 0.476 bits per heavy atom. The molecule has 0 fully saturated rings. The molecule has 0 aromatic carbocycles. The topological polar surface area (TPSA) is 112 Å². The van der Waals surface area contributed by atoms with Gasteiger partial charge < -0.3 is 15.3 Å². The molecule has 0 amide bonds. The van der Waals surface area contributed by atoms with Crippen molar-refractivity contribution in [2.24, 2.45) is 0 Å². The molecule has 246 valence electrons. The number of allylic oxidation sites excluding steroid dienone is 2. The highest BCUT2D eigenvalue weighted by Crippen LogP contribution is 2.32. The average Bonchev–Trinajstić information content (AvgIpc) is 2.94. The molecule has 0 bridgehead atoms. The Hall–Kier alpha value is -1.89. The molecule has 0 radical (unpaired) electrons. The van der Waals surface area contributed by atoms with Crippen molar-refractivity contribution in [1.82, 2.24) is 0 Å². The van der Waals surface area contributed by atoms with Gasteiger partial charge in [0.05, 0.1) is 6.54 Å². The molecule has 0 saturated carbocycles. The van der Waals surface area contributed by atoms with Crippen molar-refractivity contribution < 1.29 is 34.2 Å². The van der Waals surface area contributed by atoms with Crippen LogP contribution in [-0.4, -0.2) is 62.4 Å². The molecule has 42 heavy (non-hydrogen) atoms. The standard InChI is InChI=1S/C35H65NO6/c1-5-9-10-11-12-13-14-15-16-17-18-19-20-21-22-23-24-25-26-27-28-29-36(30(6-2)33(37)38,31(7-3)34(39)40)32(8-4)35(41)42/h25-26,30-32H,5-24,27-29H2,1-4H3,(H2-,37,38,39,40,41,42)/p+1/b26-25+. The number of hydrogen-bond donors (Lipinski definition) is 3. The molecule has 3 unspecified atom stereocenters. The summed E-state index contributed by atoms with van der Waals surface area (Å²) in [5.41, 5.74) is 0. The van der Waals surface area contributed by atoms with Gasteiger partial charge in [-0.3, -0.25) is 4.48 Å². The Labute approximate surface area is 257 Å². The lowest BCUT2D eigenvalue weighted by atomic mass is 9.94. The summed E-state index contributed by atoms with van der Waals surface area (Å²) in [6.07, 6.45) is 28.6. The molecule has 0 rings (SSSR count). The Balaban J connectivity index is 4.42. The van der Waals surface area contributed by atoms with Crippen molar-refractivity contribution in [2.45, 2.75) is 187 Å². The first kappa shape index (κ1) is 40.1. The van der Waals surface area contributed by atoms with E-state index in [0.717, 1.165) is 12.8 Å². The zero-order valence-corrected chi connectivity index (χ0v) is 27.7. The van der Waals surface area contributed by atoms with E-state index in [2.05, 4.69) is 19.1 Å². The van der Waals surface area contributed by atoms with Crippen LogP contribution in [0.15, 0.2) is 12.2 Å². The maximum absolute atomic E-state index is 12.3. The summed E-state index contributed by atoms with van der Waals surface area (Å²) in [6.45, 7) is 7.59. The van der Waals surface area contributed by atoms with Crippen LogP contribution in [0.3, 0.4) is 0 Å². The van der Waals surface area contributed by atoms with Crippen LogP contribution in [0.1, 0.15) is 169 Å². The molecule has 7 nitrogen and oxygen atoms in total. The van der Waals surface area contributed by atoms with Crippen LogP contribution >= 0.6 is 0 Å². The maximum atomic E-state index is 12.3. The summed E-state index contributed by atoms with van der Waals surface area (Å²) < 4.78 is -0.434. The van der Waals surface area contributed by atoms with Gasteiger partial charge in [0.1, 0.15) is 0 Å². The fourth-order valence-electron chi connectivity index (χ4n) is 6.81. The number of aliphatic carboxylic acids is 3. The molecule has 7 heteroatoms. The average molecular weight is 597 g/mol. The Bertz CT molecular complexity index is 682. The fourth-order valence-corrected chi connectivity index (χ4v) is 6.81. The number of hydrogen-bond acceptors (Lipinski definition) is 3. The van der Waals surface area contributed by atoms with E-state index >= 15 is 0 Å². The van der Waals surface area contributed by atoms with Gasteiger partial charge in [0.2, 0.25) is 0 Å². The minimum atomic E-state index is -1.13. The van der Waals surface area contributed by atoms with Crippen LogP contribution in [-0.2, 0) is 14.4 Å². The van der Waals surface area contributed by atoms with Crippen LogP contribution in [0.5, 0.6) is 0 Å². The van der Waals surface area contributed by atoms with E-state index in [1.807, 2.05) is 0 Å². The summed E-state index contributed by atoms with van der Waals surface area (Å²) in [5.74, 6) is -3.39. The number of carboxylic acid groups (broad SMARTS) is 3. The largest absolute Gasteiger partial charge is 0.477 e. The second-order valence-electron chi connectivity index (χ2n) is 12.2. The summed E-state index contributed by atoms with van der Waals surface area (Å²) in [6, 6.07) is -3.25. The fraction of sp³-hybridized carbons (Fsp3) is 0.857. The molecule has 0 aliphatic heterocycles. The molecule has 0 heterocycles. The van der Waals surface area contributed by atoms with Gasteiger partial charge in [0.25, 0.3) is 0 Å². The second kappa shape index (κ2) is 25.6. The number of rotatable bonds is 30. The zero-order valence-electron chi connectivity index (χ0n) is 27.7. The van der Waals surface area contributed by atoms with E-state index in [1.165, 1.54) is 96.3 Å². The smallest absolute Gasteiger partial charge is 0.362 e. The van der Waals surface area contributed by atoms with E-state index in [0.29, 0.717) is 12.8 Å². The zero-order chi connectivity index (χ0) is 31.6. The van der Waals surface area contributed by atoms with Gasteiger partial charge >= 0.3 is 17.9 Å². The van der Waals surface area contributed by atoms with E-state index in [4.69, 9.17) is 0 Å². The van der Waals surface area contributed by atoms with Gasteiger partial charge in [-0.2, -0.15) is 0 Å². The number of carbonyl (C=O) groups is 3. The number of quaternary nitrogens is 1.